The number of piperazine rings is 1. The number of amides is 2. The summed E-state index contributed by atoms with van der Waals surface area (Å²) in [6, 6.07) is 12.8. The molecular formula is C20H24N4O3. The third-order valence-electron chi connectivity index (χ3n) is 4.41. The molecule has 27 heavy (non-hydrogen) atoms. The Morgan fingerprint density at radius 1 is 1.07 bits per heavy atom. The molecule has 0 saturated carbocycles. The van der Waals surface area contributed by atoms with Crippen LogP contribution in [-0.4, -0.2) is 61.0 Å². The van der Waals surface area contributed by atoms with Crippen LogP contribution in [0.5, 0.6) is 5.75 Å². The zero-order valence-electron chi connectivity index (χ0n) is 15.4. The number of nitrogens with one attached hydrogen (secondary N) is 1. The summed E-state index contributed by atoms with van der Waals surface area (Å²) in [5.41, 5.74) is 0.562. The highest BCUT2D eigenvalue weighted by molar-refractivity contribution is 5.98. The average molecular weight is 368 g/mol. The van der Waals surface area contributed by atoms with Gasteiger partial charge in [0, 0.05) is 38.9 Å². The molecule has 1 saturated heterocycles. The van der Waals surface area contributed by atoms with Crippen LogP contribution >= 0.6 is 0 Å². The van der Waals surface area contributed by atoms with E-state index in [4.69, 9.17) is 4.74 Å². The lowest BCUT2D eigenvalue weighted by Gasteiger charge is -2.36. The van der Waals surface area contributed by atoms with Gasteiger partial charge in [-0.25, -0.2) is 4.98 Å². The number of nitrogens with zero attached hydrogens (tertiary/aromatic N) is 3. The van der Waals surface area contributed by atoms with Gasteiger partial charge in [0.2, 0.25) is 0 Å². The summed E-state index contributed by atoms with van der Waals surface area (Å²) in [7, 11) is 0. The molecule has 1 aliphatic rings. The molecule has 3 rings (SSSR count). The van der Waals surface area contributed by atoms with Crippen LogP contribution < -0.4 is 15.0 Å². The molecule has 1 fully saturated rings. The number of carbonyl (C=O) groups excluding carboxylic acids is 2. The number of aromatic nitrogens is 1. The fourth-order valence-corrected chi connectivity index (χ4v) is 3.00. The molecule has 0 aliphatic carbocycles. The van der Waals surface area contributed by atoms with Crippen LogP contribution in [0.25, 0.3) is 0 Å². The molecule has 142 valence electrons. The Morgan fingerprint density at radius 3 is 2.52 bits per heavy atom. The summed E-state index contributed by atoms with van der Waals surface area (Å²) < 4.78 is 5.54. The lowest BCUT2D eigenvalue weighted by Crippen LogP contribution is -2.50. The maximum atomic E-state index is 12.4. The summed E-state index contributed by atoms with van der Waals surface area (Å²) in [5.74, 6) is 1.18. The van der Waals surface area contributed by atoms with E-state index in [-0.39, 0.29) is 18.4 Å². The van der Waals surface area contributed by atoms with Gasteiger partial charge < -0.3 is 19.9 Å². The third-order valence-corrected chi connectivity index (χ3v) is 4.41. The minimum Gasteiger partial charge on any atom is -0.484 e. The monoisotopic (exact) mass is 368 g/mol. The molecule has 7 nitrogen and oxygen atoms in total. The lowest BCUT2D eigenvalue weighted by atomic mass is 10.2. The smallest absolute Gasteiger partial charge is 0.260 e. The van der Waals surface area contributed by atoms with E-state index < -0.39 is 0 Å². The maximum Gasteiger partial charge on any atom is 0.260 e. The van der Waals surface area contributed by atoms with E-state index in [0.29, 0.717) is 49.9 Å². The molecule has 2 aromatic rings. The van der Waals surface area contributed by atoms with Gasteiger partial charge in [-0.05, 0) is 31.2 Å². The molecule has 0 radical (unpaired) electrons. The SMILES string of the molecule is CCNC(=O)c1cccnc1N1CCN(C(=O)COc2ccccc2)CC1. The van der Waals surface area contributed by atoms with Crippen molar-refractivity contribution in [1.82, 2.24) is 15.2 Å². The Balaban J connectivity index is 1.56. The van der Waals surface area contributed by atoms with Crippen LogP contribution in [0.15, 0.2) is 48.7 Å². The molecule has 0 bridgehead atoms. The second kappa shape index (κ2) is 9.02. The fourth-order valence-electron chi connectivity index (χ4n) is 3.00. The number of hydrogen-bond acceptors (Lipinski definition) is 5. The van der Waals surface area contributed by atoms with Crippen LogP contribution in [0.4, 0.5) is 5.82 Å². The predicted molar refractivity (Wildman–Crippen MR) is 103 cm³/mol. The second-order valence-electron chi connectivity index (χ2n) is 6.20. The van der Waals surface area contributed by atoms with Crippen molar-refractivity contribution in [2.24, 2.45) is 0 Å². The minimum atomic E-state index is -0.129. The van der Waals surface area contributed by atoms with Gasteiger partial charge in [-0.3, -0.25) is 9.59 Å². The molecule has 1 N–H and O–H groups in total. The van der Waals surface area contributed by atoms with Crippen molar-refractivity contribution < 1.29 is 14.3 Å². The van der Waals surface area contributed by atoms with Crippen molar-refractivity contribution in [3.05, 3.63) is 54.2 Å². The van der Waals surface area contributed by atoms with E-state index in [0.717, 1.165) is 0 Å². The largest absolute Gasteiger partial charge is 0.484 e. The number of ether oxygens (including phenoxy) is 1. The first-order valence-corrected chi connectivity index (χ1v) is 9.13. The molecule has 1 aromatic carbocycles. The quantitative estimate of drug-likeness (QED) is 0.838. The van der Waals surface area contributed by atoms with Gasteiger partial charge in [-0.2, -0.15) is 0 Å². The van der Waals surface area contributed by atoms with E-state index in [1.54, 1.807) is 23.2 Å². The van der Waals surface area contributed by atoms with Crippen LogP contribution in [0, 0.1) is 0 Å². The van der Waals surface area contributed by atoms with Gasteiger partial charge in [0.1, 0.15) is 11.6 Å². The van der Waals surface area contributed by atoms with Crippen molar-refractivity contribution in [2.75, 3.05) is 44.2 Å². The fraction of sp³-hybridized carbons (Fsp3) is 0.350. The first kappa shape index (κ1) is 18.7. The van der Waals surface area contributed by atoms with Crippen LogP contribution in [0.3, 0.4) is 0 Å². The Labute approximate surface area is 158 Å². The van der Waals surface area contributed by atoms with Crippen LogP contribution in [-0.2, 0) is 4.79 Å². The lowest BCUT2D eigenvalue weighted by molar-refractivity contribution is -0.133. The molecule has 1 aliphatic heterocycles. The molecule has 0 unspecified atom stereocenters. The predicted octanol–water partition coefficient (Wildman–Crippen LogP) is 1.56. The number of anilines is 1. The Kier molecular flexibility index (Phi) is 6.25. The van der Waals surface area contributed by atoms with Gasteiger partial charge in [-0.15, -0.1) is 0 Å². The summed E-state index contributed by atoms with van der Waals surface area (Å²) in [5, 5.41) is 2.81. The number of benzene rings is 1. The van der Waals surface area contributed by atoms with E-state index in [1.165, 1.54) is 0 Å². The highest BCUT2D eigenvalue weighted by Gasteiger charge is 2.25. The van der Waals surface area contributed by atoms with E-state index >= 15 is 0 Å². The Morgan fingerprint density at radius 2 is 1.81 bits per heavy atom. The van der Waals surface area contributed by atoms with Crippen molar-refractivity contribution in [1.29, 1.82) is 0 Å². The van der Waals surface area contributed by atoms with E-state index in [1.807, 2.05) is 42.2 Å². The van der Waals surface area contributed by atoms with E-state index in [2.05, 4.69) is 10.3 Å². The molecule has 0 atom stereocenters. The summed E-state index contributed by atoms with van der Waals surface area (Å²) in [6.07, 6.45) is 1.68. The molecule has 2 heterocycles. The highest BCUT2D eigenvalue weighted by atomic mass is 16.5. The van der Waals surface area contributed by atoms with E-state index in [9.17, 15) is 9.59 Å². The number of carbonyl (C=O) groups is 2. The van der Waals surface area contributed by atoms with Crippen LogP contribution in [0.2, 0.25) is 0 Å². The van der Waals surface area contributed by atoms with Crippen molar-refractivity contribution in [3.8, 4) is 5.75 Å². The highest BCUT2D eigenvalue weighted by Crippen LogP contribution is 2.19. The summed E-state index contributed by atoms with van der Waals surface area (Å²) in [4.78, 5) is 32.8. The second-order valence-corrected chi connectivity index (χ2v) is 6.20. The average Bonchev–Trinajstić information content (AvgIpc) is 2.73. The van der Waals surface area contributed by atoms with Gasteiger partial charge in [-0.1, -0.05) is 18.2 Å². The molecule has 1 aromatic heterocycles. The molecule has 7 heteroatoms. The maximum absolute atomic E-state index is 12.4. The van der Waals surface area contributed by atoms with Gasteiger partial charge in [0.25, 0.3) is 11.8 Å². The Bertz CT molecular complexity index is 774. The van der Waals surface area contributed by atoms with Gasteiger partial charge in [0.05, 0.1) is 5.56 Å². The Hall–Kier alpha value is -3.09. The van der Waals surface area contributed by atoms with Crippen LogP contribution in [0.1, 0.15) is 17.3 Å². The number of hydrogen-bond donors (Lipinski definition) is 1. The molecular weight excluding hydrogens is 344 g/mol. The third kappa shape index (κ3) is 4.75. The van der Waals surface area contributed by atoms with Gasteiger partial charge in [0.15, 0.2) is 6.61 Å². The topological polar surface area (TPSA) is 74.8 Å². The summed E-state index contributed by atoms with van der Waals surface area (Å²) >= 11 is 0. The van der Waals surface area contributed by atoms with Crippen molar-refractivity contribution in [2.45, 2.75) is 6.92 Å². The zero-order valence-corrected chi connectivity index (χ0v) is 15.4. The van der Waals surface area contributed by atoms with Crippen molar-refractivity contribution in [3.63, 3.8) is 0 Å². The normalized spacial score (nSPS) is 14.0. The minimum absolute atomic E-state index is 0.0256. The first-order chi connectivity index (χ1) is 13.2. The zero-order chi connectivity index (χ0) is 19.1. The summed E-state index contributed by atoms with van der Waals surface area (Å²) in [6.45, 7) is 4.87. The van der Waals surface area contributed by atoms with Crippen molar-refractivity contribution >= 4 is 17.6 Å². The number of pyridine rings is 1. The van der Waals surface area contributed by atoms with Gasteiger partial charge >= 0.3 is 0 Å². The molecule has 0 spiro atoms. The number of para-hydroxylation sites is 1. The standard InChI is InChI=1S/C20H24N4O3/c1-2-21-20(26)17-9-6-10-22-19(17)24-13-11-23(12-14-24)18(25)15-27-16-7-4-3-5-8-16/h3-10H,2,11-15H2,1H3,(H,21,26). The molecule has 2 amide bonds. The number of rotatable bonds is 6. The first-order valence-electron chi connectivity index (χ1n) is 9.13.